The van der Waals surface area contributed by atoms with Gasteiger partial charge in [0, 0.05) is 18.9 Å². The van der Waals surface area contributed by atoms with Crippen LogP contribution in [0.1, 0.15) is 33.0 Å². The van der Waals surface area contributed by atoms with E-state index in [1.54, 1.807) is 17.3 Å². The Labute approximate surface area is 147 Å². The van der Waals surface area contributed by atoms with Crippen LogP contribution in [0.4, 0.5) is 0 Å². The Balaban J connectivity index is 1.89. The van der Waals surface area contributed by atoms with Crippen LogP contribution in [0.5, 0.6) is 0 Å². The van der Waals surface area contributed by atoms with E-state index >= 15 is 0 Å². The molecule has 0 saturated heterocycles. The van der Waals surface area contributed by atoms with Crippen molar-refractivity contribution in [1.82, 2.24) is 19.9 Å². The van der Waals surface area contributed by atoms with Crippen molar-refractivity contribution in [3.05, 3.63) is 89.3 Å². The average molecular weight is 332 g/mol. The zero-order valence-corrected chi connectivity index (χ0v) is 14.4. The first-order chi connectivity index (χ1) is 12.1. The molecule has 0 unspecified atom stereocenters. The van der Waals surface area contributed by atoms with E-state index in [-0.39, 0.29) is 5.91 Å². The van der Waals surface area contributed by atoms with Crippen LogP contribution in [-0.4, -0.2) is 25.8 Å². The van der Waals surface area contributed by atoms with Crippen LogP contribution in [0.2, 0.25) is 0 Å². The summed E-state index contributed by atoms with van der Waals surface area (Å²) in [6, 6.07) is 13.8. The molecule has 0 bridgehead atoms. The lowest BCUT2D eigenvalue weighted by Crippen LogP contribution is -2.31. The number of aromatic nitrogens is 3. The smallest absolute Gasteiger partial charge is 0.274 e. The highest BCUT2D eigenvalue weighted by atomic mass is 16.2. The normalized spacial score (nSPS) is 10.5. The molecule has 5 nitrogen and oxygen atoms in total. The van der Waals surface area contributed by atoms with Crippen molar-refractivity contribution in [3.8, 4) is 0 Å². The molecule has 5 heteroatoms. The second-order valence-electron chi connectivity index (χ2n) is 5.95. The summed E-state index contributed by atoms with van der Waals surface area (Å²) in [4.78, 5) is 27.5. The van der Waals surface area contributed by atoms with Gasteiger partial charge in [0.1, 0.15) is 5.69 Å². The first kappa shape index (κ1) is 16.8. The van der Waals surface area contributed by atoms with Gasteiger partial charge in [-0.3, -0.25) is 14.8 Å². The molecule has 0 aliphatic carbocycles. The van der Waals surface area contributed by atoms with Gasteiger partial charge in [-0.05, 0) is 37.1 Å². The van der Waals surface area contributed by atoms with Gasteiger partial charge in [-0.2, -0.15) is 0 Å². The van der Waals surface area contributed by atoms with Crippen LogP contribution in [0.3, 0.4) is 0 Å². The minimum atomic E-state index is -0.151. The molecule has 0 saturated carbocycles. The van der Waals surface area contributed by atoms with Crippen molar-refractivity contribution >= 4 is 5.91 Å². The number of aryl methyl sites for hydroxylation is 2. The standard InChI is InChI=1S/C20H20N4O/c1-15-7-3-4-8-17(15)13-24(14-18-9-5-6-10-21-18)20(25)19-12-22-16(2)11-23-19/h3-12H,13-14H2,1-2H3. The number of nitrogens with zero attached hydrogens (tertiary/aromatic N) is 4. The lowest BCUT2D eigenvalue weighted by Gasteiger charge is -2.23. The zero-order chi connectivity index (χ0) is 17.6. The molecule has 3 rings (SSSR count). The van der Waals surface area contributed by atoms with Crippen LogP contribution < -0.4 is 0 Å². The Hall–Kier alpha value is -3.08. The minimum Gasteiger partial charge on any atom is -0.327 e. The SMILES string of the molecule is Cc1cnc(C(=O)N(Cc2ccccn2)Cc2ccccc2C)cn1. The highest BCUT2D eigenvalue weighted by Gasteiger charge is 2.19. The van der Waals surface area contributed by atoms with E-state index in [4.69, 9.17) is 0 Å². The highest BCUT2D eigenvalue weighted by Crippen LogP contribution is 2.15. The molecule has 0 spiro atoms. The predicted octanol–water partition coefficient (Wildman–Crippen LogP) is 3.33. The molecule has 1 amide bonds. The third kappa shape index (κ3) is 4.26. The number of hydrogen-bond donors (Lipinski definition) is 0. The number of benzene rings is 1. The quantitative estimate of drug-likeness (QED) is 0.719. The topological polar surface area (TPSA) is 59.0 Å². The van der Waals surface area contributed by atoms with Gasteiger partial charge in [-0.1, -0.05) is 30.3 Å². The van der Waals surface area contributed by atoms with Crippen molar-refractivity contribution in [2.75, 3.05) is 0 Å². The van der Waals surface area contributed by atoms with E-state index < -0.39 is 0 Å². The van der Waals surface area contributed by atoms with Crippen molar-refractivity contribution < 1.29 is 4.79 Å². The van der Waals surface area contributed by atoms with Gasteiger partial charge in [-0.25, -0.2) is 4.98 Å². The number of amides is 1. The largest absolute Gasteiger partial charge is 0.327 e. The molecule has 2 heterocycles. The molecule has 0 fully saturated rings. The molecule has 1 aromatic carbocycles. The van der Waals surface area contributed by atoms with Gasteiger partial charge in [0.15, 0.2) is 0 Å². The summed E-state index contributed by atoms with van der Waals surface area (Å²) in [6.07, 6.45) is 4.87. The number of carbonyl (C=O) groups excluding carboxylic acids is 1. The minimum absolute atomic E-state index is 0.151. The monoisotopic (exact) mass is 332 g/mol. The second-order valence-corrected chi connectivity index (χ2v) is 5.95. The van der Waals surface area contributed by atoms with E-state index in [1.165, 1.54) is 6.20 Å². The maximum absolute atomic E-state index is 13.0. The van der Waals surface area contributed by atoms with Crippen molar-refractivity contribution in [2.45, 2.75) is 26.9 Å². The molecule has 0 atom stereocenters. The van der Waals surface area contributed by atoms with Gasteiger partial charge in [-0.15, -0.1) is 0 Å². The van der Waals surface area contributed by atoms with Gasteiger partial charge in [0.05, 0.1) is 24.1 Å². The summed E-state index contributed by atoms with van der Waals surface area (Å²) < 4.78 is 0. The van der Waals surface area contributed by atoms with Crippen LogP contribution >= 0.6 is 0 Å². The molecule has 126 valence electrons. The van der Waals surface area contributed by atoms with Crippen molar-refractivity contribution in [3.63, 3.8) is 0 Å². The fourth-order valence-electron chi connectivity index (χ4n) is 2.54. The van der Waals surface area contributed by atoms with Crippen molar-refractivity contribution in [2.24, 2.45) is 0 Å². The predicted molar refractivity (Wildman–Crippen MR) is 95.8 cm³/mol. The van der Waals surface area contributed by atoms with Crippen molar-refractivity contribution in [1.29, 1.82) is 0 Å². The molecule has 2 aromatic heterocycles. The Morgan fingerprint density at radius 2 is 1.72 bits per heavy atom. The van der Waals surface area contributed by atoms with Gasteiger partial charge in [0.2, 0.25) is 0 Å². The summed E-state index contributed by atoms with van der Waals surface area (Å²) in [5.74, 6) is -0.151. The van der Waals surface area contributed by atoms with Crippen LogP contribution in [0.15, 0.2) is 61.1 Å². The lowest BCUT2D eigenvalue weighted by molar-refractivity contribution is 0.0721. The third-order valence-corrected chi connectivity index (χ3v) is 3.99. The Morgan fingerprint density at radius 1 is 0.920 bits per heavy atom. The first-order valence-corrected chi connectivity index (χ1v) is 8.16. The molecule has 3 aromatic rings. The molecule has 0 radical (unpaired) electrons. The van der Waals surface area contributed by atoms with E-state index in [0.29, 0.717) is 18.8 Å². The molecule has 0 aliphatic rings. The Kier molecular flexibility index (Phi) is 5.14. The molecule has 25 heavy (non-hydrogen) atoms. The summed E-state index contributed by atoms with van der Waals surface area (Å²) in [5, 5.41) is 0. The maximum Gasteiger partial charge on any atom is 0.274 e. The Morgan fingerprint density at radius 3 is 2.40 bits per heavy atom. The summed E-state index contributed by atoms with van der Waals surface area (Å²) in [7, 11) is 0. The second kappa shape index (κ2) is 7.66. The fourth-order valence-corrected chi connectivity index (χ4v) is 2.54. The lowest BCUT2D eigenvalue weighted by atomic mass is 10.1. The van der Waals surface area contributed by atoms with E-state index in [1.807, 2.05) is 56.3 Å². The zero-order valence-electron chi connectivity index (χ0n) is 14.4. The van der Waals surface area contributed by atoms with Crippen LogP contribution in [0, 0.1) is 13.8 Å². The van der Waals surface area contributed by atoms with Crippen LogP contribution in [0.25, 0.3) is 0 Å². The fraction of sp³-hybridized carbons (Fsp3) is 0.200. The number of carbonyl (C=O) groups is 1. The first-order valence-electron chi connectivity index (χ1n) is 8.16. The van der Waals surface area contributed by atoms with Gasteiger partial charge in [0.25, 0.3) is 5.91 Å². The van der Waals surface area contributed by atoms with E-state index in [0.717, 1.165) is 22.5 Å². The summed E-state index contributed by atoms with van der Waals surface area (Å²) in [5.41, 5.74) is 4.22. The Bertz CT molecular complexity index is 847. The number of hydrogen-bond acceptors (Lipinski definition) is 4. The van der Waals surface area contributed by atoms with E-state index in [2.05, 4.69) is 15.0 Å². The summed E-state index contributed by atoms with van der Waals surface area (Å²) >= 11 is 0. The van der Waals surface area contributed by atoms with Gasteiger partial charge >= 0.3 is 0 Å². The highest BCUT2D eigenvalue weighted by molar-refractivity contribution is 5.91. The number of rotatable bonds is 5. The maximum atomic E-state index is 13.0. The van der Waals surface area contributed by atoms with Gasteiger partial charge < -0.3 is 4.90 Å². The van der Waals surface area contributed by atoms with Crippen LogP contribution in [-0.2, 0) is 13.1 Å². The average Bonchev–Trinajstić information content (AvgIpc) is 2.64. The molecule has 0 N–H and O–H groups in total. The summed E-state index contributed by atoms with van der Waals surface area (Å²) in [6.45, 7) is 4.81. The third-order valence-electron chi connectivity index (χ3n) is 3.99. The van der Waals surface area contributed by atoms with E-state index in [9.17, 15) is 4.79 Å². The molecular formula is C20H20N4O. The molecular weight excluding hydrogens is 312 g/mol. The number of pyridine rings is 1. The molecule has 0 aliphatic heterocycles.